The highest BCUT2D eigenvalue weighted by molar-refractivity contribution is 5.81. The molecule has 90 valence electrons. The summed E-state index contributed by atoms with van der Waals surface area (Å²) in [6.07, 6.45) is 7.82. The van der Waals surface area contributed by atoms with Gasteiger partial charge in [0.1, 0.15) is 0 Å². The van der Waals surface area contributed by atoms with Crippen LogP contribution in [0.5, 0.6) is 0 Å². The zero-order valence-corrected chi connectivity index (χ0v) is 10.3. The van der Waals surface area contributed by atoms with Crippen LogP contribution in [0.4, 0.5) is 0 Å². The Bertz CT molecular complexity index is 542. The lowest BCUT2D eigenvalue weighted by molar-refractivity contribution is 0.667. The Kier molecular flexibility index (Phi) is 3.97. The Hall–Kier alpha value is -1.57. The zero-order valence-electron chi connectivity index (χ0n) is 10.3. The van der Waals surface area contributed by atoms with Gasteiger partial charge in [-0.25, -0.2) is 0 Å². The van der Waals surface area contributed by atoms with Gasteiger partial charge in [-0.2, -0.15) is 0 Å². The average Bonchev–Trinajstić information content (AvgIpc) is 2.36. The van der Waals surface area contributed by atoms with Gasteiger partial charge in [-0.15, -0.1) is 0 Å². The number of unbranched alkanes of at least 4 members (excludes halogenated alkanes) is 3. The zero-order chi connectivity index (χ0) is 12.1. The van der Waals surface area contributed by atoms with Crippen molar-refractivity contribution in [2.24, 2.45) is 0 Å². The summed E-state index contributed by atoms with van der Waals surface area (Å²) in [5.41, 5.74) is 1.28. The van der Waals surface area contributed by atoms with E-state index in [1.54, 1.807) is 6.20 Å². The minimum atomic E-state index is 0.0120. The van der Waals surface area contributed by atoms with Crippen molar-refractivity contribution in [3.05, 3.63) is 46.4 Å². The number of hydrogen-bond donors (Lipinski definition) is 1. The van der Waals surface area contributed by atoms with Crippen molar-refractivity contribution in [2.75, 3.05) is 0 Å². The van der Waals surface area contributed by atoms with E-state index in [4.69, 9.17) is 0 Å². The second-order valence-electron chi connectivity index (χ2n) is 4.54. The number of benzene rings is 1. The van der Waals surface area contributed by atoms with Gasteiger partial charge in [0, 0.05) is 11.6 Å². The van der Waals surface area contributed by atoms with Gasteiger partial charge < -0.3 is 4.98 Å². The third-order valence-electron chi connectivity index (χ3n) is 3.16. The van der Waals surface area contributed by atoms with Gasteiger partial charge in [0.05, 0.1) is 0 Å². The smallest absolute Gasteiger partial charge is 0.255 e. The molecule has 0 aliphatic heterocycles. The van der Waals surface area contributed by atoms with Crippen molar-refractivity contribution in [2.45, 2.75) is 39.0 Å². The number of nitrogens with one attached hydrogen (secondary N) is 1. The van der Waals surface area contributed by atoms with Crippen LogP contribution >= 0.6 is 0 Å². The SMILES string of the molecule is CCCCCCc1ccc2cc[nH]c(=O)c2c1. The normalized spacial score (nSPS) is 10.9. The van der Waals surface area contributed by atoms with Gasteiger partial charge in [0.25, 0.3) is 5.56 Å². The summed E-state index contributed by atoms with van der Waals surface area (Å²) in [5.74, 6) is 0. The third kappa shape index (κ3) is 2.96. The summed E-state index contributed by atoms with van der Waals surface area (Å²) in [7, 11) is 0. The third-order valence-corrected chi connectivity index (χ3v) is 3.16. The Balaban J connectivity index is 2.14. The fraction of sp³-hybridized carbons (Fsp3) is 0.400. The van der Waals surface area contributed by atoms with E-state index in [1.165, 1.54) is 31.2 Å². The van der Waals surface area contributed by atoms with E-state index in [0.29, 0.717) is 0 Å². The molecule has 0 spiro atoms. The molecule has 0 bridgehead atoms. The molecule has 0 unspecified atom stereocenters. The van der Waals surface area contributed by atoms with Crippen LogP contribution < -0.4 is 5.56 Å². The van der Waals surface area contributed by atoms with Crippen molar-refractivity contribution < 1.29 is 0 Å². The number of aromatic nitrogens is 1. The topological polar surface area (TPSA) is 32.9 Å². The van der Waals surface area contributed by atoms with Crippen molar-refractivity contribution in [3.63, 3.8) is 0 Å². The molecule has 1 aromatic heterocycles. The molecular weight excluding hydrogens is 210 g/mol. The van der Waals surface area contributed by atoms with E-state index < -0.39 is 0 Å². The standard InChI is InChI=1S/C15H19NO/c1-2-3-4-5-6-12-7-8-13-9-10-16-15(17)14(13)11-12/h7-11H,2-6H2,1H3,(H,16,17). The van der Waals surface area contributed by atoms with Crippen molar-refractivity contribution in [1.29, 1.82) is 0 Å². The first-order chi connectivity index (χ1) is 8.31. The van der Waals surface area contributed by atoms with Gasteiger partial charge in [0.15, 0.2) is 0 Å². The number of aromatic amines is 1. The van der Waals surface area contributed by atoms with E-state index in [2.05, 4.69) is 18.0 Å². The second-order valence-corrected chi connectivity index (χ2v) is 4.54. The Labute approximate surface area is 102 Å². The maximum atomic E-state index is 11.7. The summed E-state index contributed by atoms with van der Waals surface area (Å²) in [6, 6.07) is 8.14. The lowest BCUT2D eigenvalue weighted by Crippen LogP contribution is -2.04. The van der Waals surface area contributed by atoms with E-state index in [1.807, 2.05) is 18.2 Å². The molecule has 2 heteroatoms. The Morgan fingerprint density at radius 1 is 1.12 bits per heavy atom. The number of fused-ring (bicyclic) bond motifs is 1. The molecule has 0 aliphatic carbocycles. The summed E-state index contributed by atoms with van der Waals surface area (Å²) in [5, 5.41) is 1.83. The molecule has 2 nitrogen and oxygen atoms in total. The Morgan fingerprint density at radius 3 is 2.82 bits per heavy atom. The van der Waals surface area contributed by atoms with Gasteiger partial charge in [0.2, 0.25) is 0 Å². The van der Waals surface area contributed by atoms with Crippen molar-refractivity contribution >= 4 is 10.8 Å². The number of pyridine rings is 1. The van der Waals surface area contributed by atoms with Crippen LogP contribution in [0.15, 0.2) is 35.3 Å². The monoisotopic (exact) mass is 229 g/mol. The molecule has 0 fully saturated rings. The van der Waals surface area contributed by atoms with Crippen LogP contribution in [0, 0.1) is 0 Å². The molecule has 1 N–H and O–H groups in total. The van der Waals surface area contributed by atoms with Crippen molar-refractivity contribution in [1.82, 2.24) is 4.98 Å². The molecule has 17 heavy (non-hydrogen) atoms. The molecular formula is C15H19NO. The minimum Gasteiger partial charge on any atom is -0.329 e. The molecule has 0 atom stereocenters. The summed E-state index contributed by atoms with van der Waals surface area (Å²) in [6.45, 7) is 2.22. The first-order valence-corrected chi connectivity index (χ1v) is 6.41. The van der Waals surface area contributed by atoms with E-state index in [9.17, 15) is 4.79 Å². The number of rotatable bonds is 5. The molecule has 1 aromatic carbocycles. The molecule has 0 radical (unpaired) electrons. The predicted octanol–water partition coefficient (Wildman–Crippen LogP) is 3.65. The van der Waals surface area contributed by atoms with Crippen LogP contribution in [-0.2, 0) is 6.42 Å². The lowest BCUT2D eigenvalue weighted by Gasteiger charge is -2.03. The molecule has 0 saturated heterocycles. The van der Waals surface area contributed by atoms with Crippen LogP contribution in [0.2, 0.25) is 0 Å². The predicted molar refractivity (Wildman–Crippen MR) is 72.4 cm³/mol. The molecule has 0 amide bonds. The number of hydrogen-bond acceptors (Lipinski definition) is 1. The van der Waals surface area contributed by atoms with E-state index in [0.717, 1.165) is 17.2 Å². The van der Waals surface area contributed by atoms with Crippen LogP contribution in [0.3, 0.4) is 0 Å². The van der Waals surface area contributed by atoms with Crippen molar-refractivity contribution in [3.8, 4) is 0 Å². The fourth-order valence-electron chi connectivity index (χ4n) is 2.14. The maximum Gasteiger partial charge on any atom is 0.255 e. The van der Waals surface area contributed by atoms with Crippen LogP contribution in [-0.4, -0.2) is 4.98 Å². The first kappa shape index (κ1) is 11.9. The summed E-state index contributed by atoms with van der Waals surface area (Å²) < 4.78 is 0. The minimum absolute atomic E-state index is 0.0120. The molecule has 0 aliphatic rings. The molecule has 0 saturated carbocycles. The van der Waals surface area contributed by atoms with Gasteiger partial charge in [-0.1, -0.05) is 38.3 Å². The van der Waals surface area contributed by atoms with E-state index in [-0.39, 0.29) is 5.56 Å². The average molecular weight is 229 g/mol. The lowest BCUT2D eigenvalue weighted by atomic mass is 10.0. The van der Waals surface area contributed by atoms with Gasteiger partial charge in [-0.3, -0.25) is 4.79 Å². The van der Waals surface area contributed by atoms with Gasteiger partial charge >= 0.3 is 0 Å². The number of H-pyrrole nitrogens is 1. The fourth-order valence-corrected chi connectivity index (χ4v) is 2.14. The van der Waals surface area contributed by atoms with Gasteiger partial charge in [-0.05, 0) is 35.9 Å². The molecule has 2 aromatic rings. The summed E-state index contributed by atoms with van der Waals surface area (Å²) >= 11 is 0. The van der Waals surface area contributed by atoms with E-state index >= 15 is 0 Å². The molecule has 2 rings (SSSR count). The largest absolute Gasteiger partial charge is 0.329 e. The highest BCUT2D eigenvalue weighted by atomic mass is 16.1. The first-order valence-electron chi connectivity index (χ1n) is 6.41. The quantitative estimate of drug-likeness (QED) is 0.780. The second kappa shape index (κ2) is 5.67. The highest BCUT2D eigenvalue weighted by Crippen LogP contribution is 2.14. The molecule has 1 heterocycles. The van der Waals surface area contributed by atoms with Crippen LogP contribution in [0.1, 0.15) is 38.2 Å². The maximum absolute atomic E-state index is 11.7. The van der Waals surface area contributed by atoms with Crippen LogP contribution in [0.25, 0.3) is 10.8 Å². The summed E-state index contributed by atoms with van der Waals surface area (Å²) in [4.78, 5) is 14.4. The number of aryl methyl sites for hydroxylation is 1. The Morgan fingerprint density at radius 2 is 2.00 bits per heavy atom. The highest BCUT2D eigenvalue weighted by Gasteiger charge is 2.00.